The van der Waals surface area contributed by atoms with Gasteiger partial charge in [0, 0.05) is 6.42 Å². The Morgan fingerprint density at radius 2 is 1.32 bits per heavy atom. The lowest BCUT2D eigenvalue weighted by atomic mass is 9.95. The van der Waals surface area contributed by atoms with Crippen LogP contribution in [0.4, 0.5) is 0 Å². The number of carbonyl (C=O) groups is 1. The van der Waals surface area contributed by atoms with Gasteiger partial charge in [-0.05, 0) is 36.1 Å². The smallest absolute Gasteiger partial charge is 0.338 e. The number of rotatable bonds is 9. The van der Waals surface area contributed by atoms with Crippen LogP contribution < -0.4 is 0 Å². The van der Waals surface area contributed by atoms with Crippen LogP contribution >= 0.6 is 0 Å². The summed E-state index contributed by atoms with van der Waals surface area (Å²) in [7, 11) is -3.90. The number of carbonyl (C=O) groups excluding carboxylic acids is 1. The molecule has 2 aromatic carbocycles. The van der Waals surface area contributed by atoms with Gasteiger partial charge in [0.1, 0.15) is 6.10 Å². The van der Waals surface area contributed by atoms with E-state index in [4.69, 9.17) is 8.92 Å². The summed E-state index contributed by atoms with van der Waals surface area (Å²) in [6.07, 6.45) is -0.785. The van der Waals surface area contributed by atoms with E-state index in [1.165, 1.54) is 12.1 Å². The predicted molar refractivity (Wildman–Crippen MR) is 108 cm³/mol. The maximum atomic E-state index is 12.6. The van der Waals surface area contributed by atoms with Crippen molar-refractivity contribution in [3.8, 4) is 0 Å². The summed E-state index contributed by atoms with van der Waals surface area (Å²) in [5, 5.41) is 0. The predicted octanol–water partition coefficient (Wildman–Crippen LogP) is 4.69. The second-order valence-electron chi connectivity index (χ2n) is 7.44. The molecule has 5 nitrogen and oxygen atoms in total. The summed E-state index contributed by atoms with van der Waals surface area (Å²) < 4.78 is 36.4. The first kappa shape index (κ1) is 22.1. The Bertz CT molecular complexity index is 845. The van der Waals surface area contributed by atoms with Gasteiger partial charge in [0.25, 0.3) is 10.1 Å². The molecular formula is C22H28O5S. The normalized spacial score (nSPS) is 14.1. The van der Waals surface area contributed by atoms with Crippen LogP contribution in [-0.4, -0.2) is 26.6 Å². The Morgan fingerprint density at radius 3 is 1.82 bits per heavy atom. The maximum absolute atomic E-state index is 12.6. The Morgan fingerprint density at radius 1 is 0.821 bits per heavy atom. The van der Waals surface area contributed by atoms with Gasteiger partial charge in [-0.15, -0.1) is 0 Å². The van der Waals surface area contributed by atoms with Crippen molar-refractivity contribution in [2.45, 2.75) is 51.2 Å². The first-order valence-electron chi connectivity index (χ1n) is 9.45. The molecule has 2 unspecified atom stereocenters. The second kappa shape index (κ2) is 9.85. The second-order valence-corrected chi connectivity index (χ2v) is 9.01. The van der Waals surface area contributed by atoms with Crippen LogP contribution in [0.3, 0.4) is 0 Å². The van der Waals surface area contributed by atoms with E-state index in [0.29, 0.717) is 12.0 Å². The molecule has 0 saturated heterocycles. The van der Waals surface area contributed by atoms with Crippen LogP contribution in [0.25, 0.3) is 0 Å². The number of benzene rings is 2. The molecule has 0 aliphatic carbocycles. The molecule has 0 aromatic heterocycles. The Balaban J connectivity index is 2.14. The average molecular weight is 405 g/mol. The highest BCUT2D eigenvalue weighted by Gasteiger charge is 2.30. The molecule has 0 fully saturated rings. The highest BCUT2D eigenvalue weighted by atomic mass is 32.2. The van der Waals surface area contributed by atoms with Crippen LogP contribution in [0.2, 0.25) is 0 Å². The molecule has 0 N–H and O–H groups in total. The van der Waals surface area contributed by atoms with Gasteiger partial charge < -0.3 is 4.74 Å². The Labute approximate surface area is 167 Å². The lowest BCUT2D eigenvalue weighted by Crippen LogP contribution is -2.33. The summed E-state index contributed by atoms with van der Waals surface area (Å²) >= 11 is 0. The van der Waals surface area contributed by atoms with Gasteiger partial charge in [0.2, 0.25) is 0 Å². The van der Waals surface area contributed by atoms with Crippen molar-refractivity contribution in [2.24, 2.45) is 11.8 Å². The third-order valence-electron chi connectivity index (χ3n) is 4.50. The van der Waals surface area contributed by atoms with Crippen molar-refractivity contribution in [3.05, 3.63) is 66.2 Å². The average Bonchev–Trinajstić information content (AvgIpc) is 2.67. The number of ether oxygens (including phenoxy) is 1. The van der Waals surface area contributed by atoms with Gasteiger partial charge in [-0.3, -0.25) is 4.18 Å². The zero-order valence-electron chi connectivity index (χ0n) is 16.7. The third-order valence-corrected chi connectivity index (χ3v) is 5.85. The molecular weight excluding hydrogens is 376 g/mol. The van der Waals surface area contributed by atoms with E-state index in [1.807, 2.05) is 33.8 Å². The van der Waals surface area contributed by atoms with Crippen LogP contribution in [0.1, 0.15) is 44.5 Å². The molecule has 2 aromatic rings. The molecule has 2 rings (SSSR count). The number of esters is 1. The Kier molecular flexibility index (Phi) is 7.78. The molecule has 0 aliphatic heterocycles. The van der Waals surface area contributed by atoms with Crippen molar-refractivity contribution in [1.82, 2.24) is 0 Å². The summed E-state index contributed by atoms with van der Waals surface area (Å²) in [5.41, 5.74) is 0.465. The van der Waals surface area contributed by atoms with E-state index >= 15 is 0 Å². The third kappa shape index (κ3) is 6.17. The van der Waals surface area contributed by atoms with Crippen molar-refractivity contribution in [3.63, 3.8) is 0 Å². The highest BCUT2D eigenvalue weighted by Crippen LogP contribution is 2.25. The molecule has 0 amide bonds. The minimum Gasteiger partial charge on any atom is -0.458 e. The van der Waals surface area contributed by atoms with Gasteiger partial charge in [-0.2, -0.15) is 8.42 Å². The van der Waals surface area contributed by atoms with Crippen LogP contribution in [0.15, 0.2) is 65.6 Å². The first-order chi connectivity index (χ1) is 13.2. The lowest BCUT2D eigenvalue weighted by Gasteiger charge is -2.28. The van der Waals surface area contributed by atoms with E-state index < -0.39 is 28.3 Å². The monoisotopic (exact) mass is 404 g/mol. The summed E-state index contributed by atoms with van der Waals surface area (Å²) in [6, 6.07) is 16.8. The fourth-order valence-electron chi connectivity index (χ4n) is 2.69. The van der Waals surface area contributed by atoms with Gasteiger partial charge in [-0.1, -0.05) is 64.1 Å². The minimum atomic E-state index is -3.90. The van der Waals surface area contributed by atoms with Crippen molar-refractivity contribution in [2.75, 3.05) is 0 Å². The van der Waals surface area contributed by atoms with E-state index in [9.17, 15) is 13.2 Å². The summed E-state index contributed by atoms with van der Waals surface area (Å²) in [6.45, 7) is 7.65. The standard InChI is InChI=1S/C22H28O5S/c1-16(2)20(26-22(23)18-11-7-5-8-12-18)15-21(17(3)4)27-28(24,25)19-13-9-6-10-14-19/h5-14,16-17,20-21H,15H2,1-4H3. The van der Waals surface area contributed by atoms with Crippen LogP contribution in [-0.2, 0) is 19.0 Å². The van der Waals surface area contributed by atoms with Gasteiger partial charge >= 0.3 is 5.97 Å². The van der Waals surface area contributed by atoms with Gasteiger partial charge in [-0.25, -0.2) is 4.79 Å². The number of hydrogen-bond donors (Lipinski definition) is 0. The van der Waals surface area contributed by atoms with E-state index in [1.54, 1.807) is 42.5 Å². The molecule has 2 atom stereocenters. The van der Waals surface area contributed by atoms with Gasteiger partial charge in [0.15, 0.2) is 0 Å². The molecule has 152 valence electrons. The van der Waals surface area contributed by atoms with E-state index in [-0.39, 0.29) is 16.7 Å². The Hall–Kier alpha value is -2.18. The fourth-order valence-corrected chi connectivity index (χ4v) is 3.92. The summed E-state index contributed by atoms with van der Waals surface area (Å²) in [5.74, 6) is -0.486. The minimum absolute atomic E-state index is 0.0111. The van der Waals surface area contributed by atoms with E-state index in [0.717, 1.165) is 0 Å². The molecule has 0 heterocycles. The SMILES string of the molecule is CC(C)C(CC(OS(=O)(=O)c1ccccc1)C(C)C)OC(=O)c1ccccc1. The fraction of sp³-hybridized carbons (Fsp3) is 0.409. The number of hydrogen-bond acceptors (Lipinski definition) is 5. The lowest BCUT2D eigenvalue weighted by molar-refractivity contribution is -0.00139. The van der Waals surface area contributed by atoms with E-state index in [2.05, 4.69) is 0 Å². The molecule has 0 bridgehead atoms. The van der Waals surface area contributed by atoms with Crippen LogP contribution in [0.5, 0.6) is 0 Å². The molecule has 0 spiro atoms. The molecule has 6 heteroatoms. The van der Waals surface area contributed by atoms with Gasteiger partial charge in [0.05, 0.1) is 16.6 Å². The zero-order chi connectivity index (χ0) is 20.7. The quantitative estimate of drug-likeness (QED) is 0.448. The van der Waals surface area contributed by atoms with Crippen molar-refractivity contribution >= 4 is 16.1 Å². The largest absolute Gasteiger partial charge is 0.458 e. The molecule has 0 saturated carbocycles. The topological polar surface area (TPSA) is 69.7 Å². The van der Waals surface area contributed by atoms with Crippen molar-refractivity contribution < 1.29 is 22.1 Å². The van der Waals surface area contributed by atoms with Crippen LogP contribution in [0, 0.1) is 11.8 Å². The summed E-state index contributed by atoms with van der Waals surface area (Å²) in [4.78, 5) is 12.6. The molecule has 28 heavy (non-hydrogen) atoms. The highest BCUT2D eigenvalue weighted by molar-refractivity contribution is 7.86. The zero-order valence-corrected chi connectivity index (χ0v) is 17.6. The molecule has 0 radical (unpaired) electrons. The maximum Gasteiger partial charge on any atom is 0.338 e. The molecule has 0 aliphatic rings. The van der Waals surface area contributed by atoms with Crippen molar-refractivity contribution in [1.29, 1.82) is 0 Å². The first-order valence-corrected chi connectivity index (χ1v) is 10.9.